The van der Waals surface area contributed by atoms with Gasteiger partial charge in [-0.25, -0.2) is 0 Å². The zero-order valence-electron chi connectivity index (χ0n) is 13.7. The highest BCUT2D eigenvalue weighted by Crippen LogP contribution is 2.24. The average molecular weight is 287 g/mol. The molecule has 1 atom stereocenters. The molecule has 1 aromatic carbocycles. The highest BCUT2D eigenvalue weighted by molar-refractivity contribution is 5.51. The molecule has 0 bridgehead atoms. The maximum atomic E-state index is 3.61. The van der Waals surface area contributed by atoms with Crippen LogP contribution < -0.4 is 10.2 Å². The van der Waals surface area contributed by atoms with Crippen molar-refractivity contribution in [1.82, 2.24) is 10.2 Å². The number of piperazine rings is 1. The Bertz CT molecular complexity index is 481. The second-order valence-corrected chi connectivity index (χ2v) is 6.75. The maximum Gasteiger partial charge on any atom is 0.0370 e. The molecule has 3 heteroatoms. The van der Waals surface area contributed by atoms with E-state index in [2.05, 4.69) is 54.2 Å². The first-order valence-corrected chi connectivity index (χ1v) is 8.45. The standard InChI is InChI=1S/C18H29N3/c1-4-17-13-21(10-9-20(17)3)18-8-5-15(14(2)11-18)12-19-16-6-7-16/h5,8,11,16-17,19H,4,6-7,9-10,12-13H2,1-3H3. The summed E-state index contributed by atoms with van der Waals surface area (Å²) in [6, 6.07) is 8.48. The number of nitrogens with zero attached hydrogens (tertiary/aromatic N) is 2. The Kier molecular flexibility index (Phi) is 4.51. The lowest BCUT2D eigenvalue weighted by Gasteiger charge is -2.40. The van der Waals surface area contributed by atoms with E-state index in [0.717, 1.165) is 25.7 Å². The van der Waals surface area contributed by atoms with Crippen LogP contribution in [0.3, 0.4) is 0 Å². The number of rotatable bonds is 5. The molecule has 1 unspecified atom stereocenters. The Morgan fingerprint density at radius 3 is 2.71 bits per heavy atom. The van der Waals surface area contributed by atoms with Gasteiger partial charge in [0.25, 0.3) is 0 Å². The molecule has 1 aliphatic heterocycles. The van der Waals surface area contributed by atoms with Crippen LogP contribution in [0.25, 0.3) is 0 Å². The highest BCUT2D eigenvalue weighted by Gasteiger charge is 2.23. The van der Waals surface area contributed by atoms with E-state index < -0.39 is 0 Å². The lowest BCUT2D eigenvalue weighted by molar-refractivity contribution is 0.213. The first kappa shape index (κ1) is 14.9. The van der Waals surface area contributed by atoms with Gasteiger partial charge in [-0.2, -0.15) is 0 Å². The molecule has 21 heavy (non-hydrogen) atoms. The molecule has 0 amide bonds. The summed E-state index contributed by atoms with van der Waals surface area (Å²) >= 11 is 0. The Labute approximate surface area is 129 Å². The number of hydrogen-bond acceptors (Lipinski definition) is 3. The van der Waals surface area contributed by atoms with Crippen LogP contribution in [0.2, 0.25) is 0 Å². The van der Waals surface area contributed by atoms with Gasteiger partial charge in [-0.05, 0) is 56.5 Å². The third-order valence-corrected chi connectivity index (χ3v) is 5.10. The molecule has 0 aromatic heterocycles. The molecule has 2 fully saturated rings. The summed E-state index contributed by atoms with van der Waals surface area (Å²) in [5.74, 6) is 0. The van der Waals surface area contributed by atoms with E-state index in [4.69, 9.17) is 0 Å². The number of hydrogen-bond donors (Lipinski definition) is 1. The molecule has 1 saturated heterocycles. The molecule has 1 heterocycles. The van der Waals surface area contributed by atoms with Crippen molar-refractivity contribution in [3.63, 3.8) is 0 Å². The summed E-state index contributed by atoms with van der Waals surface area (Å²) in [5.41, 5.74) is 4.27. The fourth-order valence-corrected chi connectivity index (χ4v) is 3.24. The van der Waals surface area contributed by atoms with Crippen LogP contribution in [0.15, 0.2) is 18.2 Å². The summed E-state index contributed by atoms with van der Waals surface area (Å²) in [6.45, 7) is 9.04. The number of benzene rings is 1. The molecule has 1 aromatic rings. The summed E-state index contributed by atoms with van der Waals surface area (Å²) in [4.78, 5) is 5.05. The van der Waals surface area contributed by atoms with Crippen LogP contribution in [-0.2, 0) is 6.54 Å². The second-order valence-electron chi connectivity index (χ2n) is 6.75. The van der Waals surface area contributed by atoms with Gasteiger partial charge >= 0.3 is 0 Å². The third kappa shape index (κ3) is 3.58. The first-order valence-electron chi connectivity index (χ1n) is 8.45. The Morgan fingerprint density at radius 2 is 2.05 bits per heavy atom. The first-order chi connectivity index (χ1) is 10.2. The quantitative estimate of drug-likeness (QED) is 0.898. The third-order valence-electron chi connectivity index (χ3n) is 5.10. The zero-order chi connectivity index (χ0) is 14.8. The SMILES string of the molecule is CCC1CN(c2ccc(CNC3CC3)c(C)c2)CCN1C. The molecular weight excluding hydrogens is 258 g/mol. The van der Waals surface area contributed by atoms with Crippen LogP contribution in [0.5, 0.6) is 0 Å². The maximum absolute atomic E-state index is 3.61. The van der Waals surface area contributed by atoms with Crippen molar-refractivity contribution in [2.45, 2.75) is 51.7 Å². The van der Waals surface area contributed by atoms with Crippen molar-refractivity contribution < 1.29 is 0 Å². The molecule has 3 rings (SSSR count). The number of aryl methyl sites for hydroxylation is 1. The summed E-state index contributed by atoms with van der Waals surface area (Å²) in [7, 11) is 2.25. The summed E-state index contributed by atoms with van der Waals surface area (Å²) in [6.07, 6.45) is 3.95. The topological polar surface area (TPSA) is 18.5 Å². The minimum absolute atomic E-state index is 0.690. The molecule has 1 aliphatic carbocycles. The van der Waals surface area contributed by atoms with Crippen molar-refractivity contribution in [2.75, 3.05) is 31.6 Å². The van der Waals surface area contributed by atoms with Crippen molar-refractivity contribution in [3.05, 3.63) is 29.3 Å². The fraction of sp³-hybridized carbons (Fsp3) is 0.667. The minimum atomic E-state index is 0.690. The lowest BCUT2D eigenvalue weighted by atomic mass is 10.1. The number of nitrogens with one attached hydrogen (secondary N) is 1. The van der Waals surface area contributed by atoms with Gasteiger partial charge in [0.2, 0.25) is 0 Å². The van der Waals surface area contributed by atoms with Gasteiger partial charge in [-0.15, -0.1) is 0 Å². The Hall–Kier alpha value is -1.06. The van der Waals surface area contributed by atoms with E-state index in [1.807, 2.05) is 0 Å². The Balaban J connectivity index is 1.66. The smallest absolute Gasteiger partial charge is 0.0370 e. The van der Waals surface area contributed by atoms with E-state index in [1.165, 1.54) is 42.6 Å². The molecular formula is C18H29N3. The van der Waals surface area contributed by atoms with E-state index in [9.17, 15) is 0 Å². The van der Waals surface area contributed by atoms with Crippen LogP contribution in [0, 0.1) is 6.92 Å². The Morgan fingerprint density at radius 1 is 1.24 bits per heavy atom. The fourth-order valence-electron chi connectivity index (χ4n) is 3.24. The van der Waals surface area contributed by atoms with E-state index in [-0.39, 0.29) is 0 Å². The van der Waals surface area contributed by atoms with Crippen molar-refractivity contribution in [1.29, 1.82) is 0 Å². The number of anilines is 1. The largest absolute Gasteiger partial charge is 0.369 e. The summed E-state index contributed by atoms with van der Waals surface area (Å²) < 4.78 is 0. The van der Waals surface area contributed by atoms with Crippen LogP contribution >= 0.6 is 0 Å². The van der Waals surface area contributed by atoms with E-state index >= 15 is 0 Å². The predicted octanol–water partition coefficient (Wildman–Crippen LogP) is 2.78. The zero-order valence-corrected chi connectivity index (χ0v) is 13.7. The lowest BCUT2D eigenvalue weighted by Crippen LogP contribution is -2.51. The van der Waals surface area contributed by atoms with Gasteiger partial charge in [0, 0.05) is 44.0 Å². The van der Waals surface area contributed by atoms with Crippen LogP contribution in [0.1, 0.15) is 37.3 Å². The molecule has 1 N–H and O–H groups in total. The highest BCUT2D eigenvalue weighted by atomic mass is 15.3. The molecule has 1 saturated carbocycles. The molecule has 116 valence electrons. The summed E-state index contributed by atoms with van der Waals surface area (Å²) in [5, 5.41) is 3.61. The molecule has 0 radical (unpaired) electrons. The van der Waals surface area contributed by atoms with Gasteiger partial charge in [-0.3, -0.25) is 4.90 Å². The number of likely N-dealkylation sites (N-methyl/N-ethyl adjacent to an activating group) is 1. The normalized spacial score (nSPS) is 23.6. The van der Waals surface area contributed by atoms with Crippen molar-refractivity contribution in [3.8, 4) is 0 Å². The van der Waals surface area contributed by atoms with Crippen LogP contribution in [0.4, 0.5) is 5.69 Å². The monoisotopic (exact) mass is 287 g/mol. The van der Waals surface area contributed by atoms with Crippen LogP contribution in [-0.4, -0.2) is 43.7 Å². The predicted molar refractivity (Wildman–Crippen MR) is 90.0 cm³/mol. The van der Waals surface area contributed by atoms with E-state index in [0.29, 0.717) is 6.04 Å². The van der Waals surface area contributed by atoms with E-state index in [1.54, 1.807) is 0 Å². The van der Waals surface area contributed by atoms with Crippen molar-refractivity contribution in [2.24, 2.45) is 0 Å². The molecule has 2 aliphatic rings. The van der Waals surface area contributed by atoms with Gasteiger partial charge in [0.05, 0.1) is 0 Å². The average Bonchev–Trinajstić information content (AvgIpc) is 3.31. The minimum Gasteiger partial charge on any atom is -0.369 e. The van der Waals surface area contributed by atoms with Gasteiger partial charge < -0.3 is 10.2 Å². The second kappa shape index (κ2) is 6.37. The van der Waals surface area contributed by atoms with Gasteiger partial charge in [-0.1, -0.05) is 13.0 Å². The molecule has 0 spiro atoms. The van der Waals surface area contributed by atoms with Crippen molar-refractivity contribution >= 4 is 5.69 Å². The van der Waals surface area contributed by atoms with Gasteiger partial charge in [0.15, 0.2) is 0 Å². The van der Waals surface area contributed by atoms with Gasteiger partial charge in [0.1, 0.15) is 0 Å². The molecule has 3 nitrogen and oxygen atoms in total.